The highest BCUT2D eigenvalue weighted by molar-refractivity contribution is 6.15. The van der Waals surface area contributed by atoms with Gasteiger partial charge in [-0.2, -0.15) is 0 Å². The minimum atomic E-state index is -0.980. The second-order valence-electron chi connectivity index (χ2n) is 10.0. The normalized spacial score (nSPS) is 17.1. The van der Waals surface area contributed by atoms with E-state index in [1.807, 2.05) is 53.6 Å². The zero-order valence-corrected chi connectivity index (χ0v) is 20.9. The smallest absolute Gasteiger partial charge is 0.247 e. The Morgan fingerprint density at radius 1 is 0.757 bits per heavy atom. The van der Waals surface area contributed by atoms with Crippen LogP contribution in [0.4, 0.5) is 5.69 Å². The fourth-order valence-corrected chi connectivity index (χ4v) is 6.16. The lowest BCUT2D eigenvalue weighted by Crippen LogP contribution is -2.41. The number of hydrogen-bond donors (Lipinski definition) is 2. The molecule has 0 spiro atoms. The summed E-state index contributed by atoms with van der Waals surface area (Å²) in [5, 5.41) is 2.25. The molecule has 0 fully saturated rings. The number of amides is 1. The molecule has 4 aromatic carbocycles. The maximum Gasteiger partial charge on any atom is 0.247 e. The predicted molar refractivity (Wildman–Crippen MR) is 150 cm³/mol. The van der Waals surface area contributed by atoms with E-state index in [2.05, 4.69) is 78.4 Å². The summed E-state index contributed by atoms with van der Waals surface area (Å²) in [5.74, 6) is 0.0710. The number of H-pyrrole nitrogens is 2. The first kappa shape index (κ1) is 21.7. The van der Waals surface area contributed by atoms with Crippen molar-refractivity contribution in [1.82, 2.24) is 9.97 Å². The van der Waals surface area contributed by atoms with Crippen molar-refractivity contribution < 1.29 is 4.79 Å². The van der Waals surface area contributed by atoms with Crippen molar-refractivity contribution in [2.24, 2.45) is 0 Å². The first-order chi connectivity index (χ1) is 18.1. The van der Waals surface area contributed by atoms with Gasteiger partial charge < -0.3 is 14.9 Å². The number of aromatic nitrogens is 2. The van der Waals surface area contributed by atoms with Gasteiger partial charge >= 0.3 is 0 Å². The van der Waals surface area contributed by atoms with Crippen LogP contribution in [0.15, 0.2) is 103 Å². The first-order valence-corrected chi connectivity index (χ1v) is 12.7. The van der Waals surface area contributed by atoms with E-state index in [4.69, 9.17) is 0 Å². The Balaban J connectivity index is 1.55. The largest absolute Gasteiger partial charge is 0.361 e. The monoisotopic (exact) mass is 481 g/mol. The second-order valence-corrected chi connectivity index (χ2v) is 10.0. The molecule has 2 aromatic heterocycles. The van der Waals surface area contributed by atoms with Crippen molar-refractivity contribution in [1.29, 1.82) is 0 Å². The van der Waals surface area contributed by atoms with Crippen LogP contribution in [0.25, 0.3) is 21.8 Å². The van der Waals surface area contributed by atoms with Gasteiger partial charge in [-0.05, 0) is 48.7 Å². The van der Waals surface area contributed by atoms with Gasteiger partial charge in [-0.1, -0.05) is 78.9 Å². The van der Waals surface area contributed by atoms with E-state index >= 15 is 0 Å². The number of hydrogen-bond acceptors (Lipinski definition) is 1. The standard InChI is InChI=1S/C33H27N3O/c1-21-22(2)35-30-18-24(16-17-25(21)30)33(28-19-34-29-14-8-6-12-26(28)29)27-13-7-9-15-31(27)36(32(33)37)20-23-10-4-3-5-11-23/h3-19,34-35H,20H2,1-2H3/t33-/m0/s1. The second kappa shape index (κ2) is 7.97. The molecule has 1 atom stereocenters. The van der Waals surface area contributed by atoms with Crippen LogP contribution in [0.3, 0.4) is 0 Å². The van der Waals surface area contributed by atoms with Crippen LogP contribution in [0.2, 0.25) is 0 Å². The van der Waals surface area contributed by atoms with Gasteiger partial charge in [0, 0.05) is 50.5 Å². The van der Waals surface area contributed by atoms with Crippen LogP contribution >= 0.6 is 0 Å². The van der Waals surface area contributed by atoms with Crippen molar-refractivity contribution >= 4 is 33.4 Å². The molecule has 7 rings (SSSR count). The van der Waals surface area contributed by atoms with E-state index in [0.717, 1.165) is 50.1 Å². The quantitative estimate of drug-likeness (QED) is 0.276. The lowest BCUT2D eigenvalue weighted by atomic mass is 9.70. The molecule has 0 bridgehead atoms. The Morgan fingerprint density at radius 3 is 2.38 bits per heavy atom. The average molecular weight is 482 g/mol. The van der Waals surface area contributed by atoms with Crippen LogP contribution in [0, 0.1) is 13.8 Å². The Labute approximate surface area is 215 Å². The zero-order chi connectivity index (χ0) is 25.1. The van der Waals surface area contributed by atoms with Gasteiger partial charge in [0.05, 0.1) is 6.54 Å². The molecule has 1 aliphatic rings. The van der Waals surface area contributed by atoms with Crippen molar-refractivity contribution in [3.8, 4) is 0 Å². The fourth-order valence-electron chi connectivity index (χ4n) is 6.16. The lowest BCUT2D eigenvalue weighted by Gasteiger charge is -2.30. The highest BCUT2D eigenvalue weighted by Gasteiger charge is 2.54. The molecule has 2 N–H and O–H groups in total. The molecule has 37 heavy (non-hydrogen) atoms. The maximum atomic E-state index is 14.9. The fraction of sp³-hybridized carbons (Fsp3) is 0.121. The Bertz CT molecular complexity index is 1810. The number of anilines is 1. The summed E-state index contributed by atoms with van der Waals surface area (Å²) in [6.07, 6.45) is 2.03. The predicted octanol–water partition coefficient (Wildman–Crippen LogP) is 7.15. The number of benzene rings is 4. The summed E-state index contributed by atoms with van der Waals surface area (Å²) in [5.41, 5.74) is 8.52. The molecule has 0 saturated heterocycles. The van der Waals surface area contributed by atoms with Crippen LogP contribution < -0.4 is 4.90 Å². The van der Waals surface area contributed by atoms with Gasteiger partial charge in [0.25, 0.3) is 0 Å². The number of rotatable bonds is 4. The SMILES string of the molecule is Cc1[nH]c2cc([C@]3(c4c[nH]c5ccccc45)C(=O)N(Cc4ccccc4)c4ccccc43)ccc2c1C. The van der Waals surface area contributed by atoms with Gasteiger partial charge in [0.1, 0.15) is 5.41 Å². The first-order valence-electron chi connectivity index (χ1n) is 12.7. The van der Waals surface area contributed by atoms with Crippen LogP contribution in [-0.2, 0) is 16.8 Å². The molecule has 0 saturated carbocycles. The Morgan fingerprint density at radius 2 is 1.51 bits per heavy atom. The van der Waals surface area contributed by atoms with E-state index in [9.17, 15) is 4.79 Å². The minimum Gasteiger partial charge on any atom is -0.361 e. The zero-order valence-electron chi connectivity index (χ0n) is 20.9. The minimum absolute atomic E-state index is 0.0710. The van der Waals surface area contributed by atoms with E-state index in [1.165, 1.54) is 10.9 Å². The van der Waals surface area contributed by atoms with E-state index < -0.39 is 5.41 Å². The highest BCUT2D eigenvalue weighted by atomic mass is 16.2. The molecule has 180 valence electrons. The van der Waals surface area contributed by atoms with Gasteiger partial charge in [0.2, 0.25) is 5.91 Å². The molecule has 0 unspecified atom stereocenters. The van der Waals surface area contributed by atoms with Crippen LogP contribution in [0.5, 0.6) is 0 Å². The summed E-state index contributed by atoms with van der Waals surface area (Å²) in [6, 6.07) is 33.2. The third-order valence-corrected chi connectivity index (χ3v) is 8.08. The molecule has 0 aliphatic carbocycles. The molecule has 4 nitrogen and oxygen atoms in total. The van der Waals surface area contributed by atoms with Crippen LogP contribution in [-0.4, -0.2) is 15.9 Å². The third kappa shape index (κ3) is 2.99. The van der Waals surface area contributed by atoms with E-state index in [0.29, 0.717) is 6.54 Å². The summed E-state index contributed by atoms with van der Waals surface area (Å²) in [7, 11) is 0. The number of para-hydroxylation sites is 2. The lowest BCUT2D eigenvalue weighted by molar-refractivity contribution is -0.120. The third-order valence-electron chi connectivity index (χ3n) is 8.08. The number of aryl methyl sites for hydroxylation is 2. The van der Waals surface area contributed by atoms with Gasteiger partial charge in [0.15, 0.2) is 0 Å². The molecule has 1 aliphatic heterocycles. The number of nitrogens with zero attached hydrogens (tertiary/aromatic N) is 1. The van der Waals surface area contributed by atoms with Crippen molar-refractivity contribution in [3.63, 3.8) is 0 Å². The number of aromatic amines is 2. The summed E-state index contributed by atoms with van der Waals surface area (Å²) in [4.78, 5) is 23.9. The molecule has 4 heteroatoms. The molecule has 1 amide bonds. The van der Waals surface area contributed by atoms with Crippen molar-refractivity contribution in [2.75, 3.05) is 4.90 Å². The number of carbonyl (C=O) groups is 1. The Hall–Kier alpha value is -4.57. The van der Waals surface area contributed by atoms with Gasteiger partial charge in [-0.15, -0.1) is 0 Å². The highest BCUT2D eigenvalue weighted by Crippen LogP contribution is 2.52. The maximum absolute atomic E-state index is 14.9. The molecule has 3 heterocycles. The molecule has 0 radical (unpaired) electrons. The summed E-state index contributed by atoms with van der Waals surface area (Å²) >= 11 is 0. The van der Waals surface area contributed by atoms with Crippen molar-refractivity contribution in [3.05, 3.63) is 137 Å². The summed E-state index contributed by atoms with van der Waals surface area (Å²) < 4.78 is 0. The average Bonchev–Trinajstić information content (AvgIpc) is 3.56. The van der Waals surface area contributed by atoms with E-state index in [-0.39, 0.29) is 5.91 Å². The van der Waals surface area contributed by atoms with Gasteiger partial charge in [-0.25, -0.2) is 0 Å². The summed E-state index contributed by atoms with van der Waals surface area (Å²) in [6.45, 7) is 4.76. The van der Waals surface area contributed by atoms with Gasteiger partial charge in [-0.3, -0.25) is 4.79 Å². The molecular weight excluding hydrogens is 454 g/mol. The number of fused-ring (bicyclic) bond motifs is 3. The number of carbonyl (C=O) groups excluding carboxylic acids is 1. The van der Waals surface area contributed by atoms with E-state index in [1.54, 1.807) is 0 Å². The number of nitrogens with one attached hydrogen (secondary N) is 2. The van der Waals surface area contributed by atoms with Crippen molar-refractivity contribution in [2.45, 2.75) is 25.8 Å². The Kier molecular flexibility index (Phi) is 4.67. The molecular formula is C33H27N3O. The van der Waals surface area contributed by atoms with Crippen LogP contribution in [0.1, 0.15) is 33.5 Å². The molecule has 6 aromatic rings. The topological polar surface area (TPSA) is 51.9 Å².